The molecule has 1 heterocycles. The molecular weight excluding hydrogens is 294 g/mol. The minimum Gasteiger partial charge on any atom is -0.481 e. The second kappa shape index (κ2) is 5.22. The summed E-state index contributed by atoms with van der Waals surface area (Å²) in [5, 5.41) is 16.3. The van der Waals surface area contributed by atoms with E-state index in [1.807, 2.05) is 31.3 Å². The molecule has 0 radical (unpaired) electrons. The average Bonchev–Trinajstić information content (AvgIpc) is 2.83. The van der Waals surface area contributed by atoms with Gasteiger partial charge in [0.1, 0.15) is 0 Å². The molecule has 0 saturated heterocycles. The molecule has 0 aliphatic heterocycles. The van der Waals surface area contributed by atoms with Crippen LogP contribution >= 0.6 is 0 Å². The van der Waals surface area contributed by atoms with Crippen LogP contribution in [0.1, 0.15) is 19.5 Å². The Morgan fingerprint density at radius 3 is 2.30 bits per heavy atom. The molecule has 120 valence electrons. The van der Waals surface area contributed by atoms with Crippen LogP contribution < -0.4 is 5.32 Å². The van der Waals surface area contributed by atoms with Crippen LogP contribution in [-0.2, 0) is 9.59 Å². The Bertz CT molecular complexity index is 762. The van der Waals surface area contributed by atoms with Gasteiger partial charge in [-0.1, -0.05) is 13.8 Å². The van der Waals surface area contributed by atoms with Gasteiger partial charge in [-0.3, -0.25) is 9.59 Å². The van der Waals surface area contributed by atoms with E-state index in [2.05, 4.69) is 10.4 Å². The highest BCUT2D eigenvalue weighted by Gasteiger charge is 2.65. The Morgan fingerprint density at radius 2 is 1.83 bits per heavy atom. The lowest BCUT2D eigenvalue weighted by atomic mass is 10.1. The summed E-state index contributed by atoms with van der Waals surface area (Å²) in [6, 6.07) is 9.20. The van der Waals surface area contributed by atoms with Gasteiger partial charge in [0.15, 0.2) is 0 Å². The summed E-state index contributed by atoms with van der Waals surface area (Å²) in [5.74, 6) is -2.27. The molecule has 2 N–H and O–H groups in total. The number of carbonyl (C=O) groups excluding carboxylic acids is 1. The zero-order valence-corrected chi connectivity index (χ0v) is 13.3. The van der Waals surface area contributed by atoms with Crippen LogP contribution in [0.15, 0.2) is 36.5 Å². The van der Waals surface area contributed by atoms with Gasteiger partial charge in [0, 0.05) is 11.9 Å². The zero-order valence-electron chi connectivity index (χ0n) is 13.3. The maximum atomic E-state index is 12.3. The van der Waals surface area contributed by atoms with E-state index in [0.717, 1.165) is 11.4 Å². The molecule has 23 heavy (non-hydrogen) atoms. The van der Waals surface area contributed by atoms with Crippen molar-refractivity contribution in [3.63, 3.8) is 0 Å². The molecular formula is C17H19N3O3. The van der Waals surface area contributed by atoms with E-state index >= 15 is 0 Å². The first-order valence-electron chi connectivity index (χ1n) is 7.47. The molecule has 1 fully saturated rings. The van der Waals surface area contributed by atoms with Crippen molar-refractivity contribution in [2.24, 2.45) is 17.3 Å². The molecule has 1 saturated carbocycles. The molecule has 0 spiro atoms. The molecule has 2 atom stereocenters. The van der Waals surface area contributed by atoms with E-state index in [0.29, 0.717) is 5.69 Å². The monoisotopic (exact) mass is 313 g/mol. The summed E-state index contributed by atoms with van der Waals surface area (Å²) in [6.45, 7) is 5.53. The summed E-state index contributed by atoms with van der Waals surface area (Å²) in [5.41, 5.74) is 1.97. The van der Waals surface area contributed by atoms with Gasteiger partial charge in [0.2, 0.25) is 5.91 Å². The van der Waals surface area contributed by atoms with Crippen LogP contribution in [0.3, 0.4) is 0 Å². The summed E-state index contributed by atoms with van der Waals surface area (Å²) in [6.07, 6.45) is 1.87. The van der Waals surface area contributed by atoms with Crippen LogP contribution in [0.4, 0.5) is 5.69 Å². The number of nitrogens with one attached hydrogen (secondary N) is 1. The number of rotatable bonds is 4. The number of carbonyl (C=O) groups is 2. The molecule has 6 nitrogen and oxygen atoms in total. The Hall–Kier alpha value is -2.63. The van der Waals surface area contributed by atoms with Crippen LogP contribution in [0.5, 0.6) is 0 Å². The van der Waals surface area contributed by atoms with Gasteiger partial charge in [-0.2, -0.15) is 5.10 Å². The van der Waals surface area contributed by atoms with Crippen LogP contribution in [-0.4, -0.2) is 26.8 Å². The summed E-state index contributed by atoms with van der Waals surface area (Å²) in [4.78, 5) is 23.4. The summed E-state index contributed by atoms with van der Waals surface area (Å²) < 4.78 is 1.76. The van der Waals surface area contributed by atoms with Crippen molar-refractivity contribution in [1.82, 2.24) is 9.78 Å². The molecule has 1 aliphatic carbocycles. The van der Waals surface area contributed by atoms with Crippen molar-refractivity contribution in [3.05, 3.63) is 42.2 Å². The predicted molar refractivity (Wildman–Crippen MR) is 85.3 cm³/mol. The number of aliphatic carboxylic acids is 1. The highest BCUT2D eigenvalue weighted by molar-refractivity contribution is 5.99. The molecule has 0 unspecified atom stereocenters. The topological polar surface area (TPSA) is 84.2 Å². The van der Waals surface area contributed by atoms with Gasteiger partial charge in [-0.15, -0.1) is 0 Å². The number of hydrogen-bond donors (Lipinski definition) is 2. The number of amides is 1. The first-order valence-corrected chi connectivity index (χ1v) is 7.47. The number of aryl methyl sites for hydroxylation is 1. The lowest BCUT2D eigenvalue weighted by Crippen LogP contribution is -2.17. The molecule has 1 aliphatic rings. The van der Waals surface area contributed by atoms with Gasteiger partial charge in [-0.05, 0) is 42.7 Å². The minimum absolute atomic E-state index is 0.245. The number of nitrogens with zero attached hydrogens (tertiary/aromatic N) is 2. The molecule has 0 bridgehead atoms. The minimum atomic E-state index is -0.917. The normalized spacial score (nSPS) is 21.7. The van der Waals surface area contributed by atoms with Crippen LogP contribution in [0.25, 0.3) is 5.69 Å². The fraction of sp³-hybridized carbons (Fsp3) is 0.353. The fourth-order valence-electron chi connectivity index (χ4n) is 3.06. The lowest BCUT2D eigenvalue weighted by Gasteiger charge is -2.07. The SMILES string of the molecule is Cc1ccn(-c2ccc(NC(=O)[C@H]3[C@@H](C(=O)O)C3(C)C)cc2)n1. The highest BCUT2D eigenvalue weighted by Crippen LogP contribution is 2.58. The lowest BCUT2D eigenvalue weighted by molar-refractivity contribution is -0.140. The quantitative estimate of drug-likeness (QED) is 0.908. The third-order valence-electron chi connectivity index (χ3n) is 4.50. The van der Waals surface area contributed by atoms with Gasteiger partial charge < -0.3 is 10.4 Å². The Labute approximate surface area is 134 Å². The second-order valence-corrected chi connectivity index (χ2v) is 6.55. The smallest absolute Gasteiger partial charge is 0.307 e. The predicted octanol–water partition coefficient (Wildman–Crippen LogP) is 2.48. The van der Waals surface area contributed by atoms with Crippen LogP contribution in [0.2, 0.25) is 0 Å². The maximum absolute atomic E-state index is 12.3. The molecule has 1 aromatic carbocycles. The molecule has 6 heteroatoms. The van der Waals surface area contributed by atoms with Crippen molar-refractivity contribution in [2.45, 2.75) is 20.8 Å². The largest absolute Gasteiger partial charge is 0.481 e. The third-order valence-corrected chi connectivity index (χ3v) is 4.50. The molecule has 2 aromatic rings. The van der Waals surface area contributed by atoms with Crippen molar-refractivity contribution in [3.8, 4) is 5.69 Å². The van der Waals surface area contributed by atoms with E-state index in [1.165, 1.54) is 0 Å². The van der Waals surface area contributed by atoms with Crippen molar-refractivity contribution in [2.75, 3.05) is 5.32 Å². The summed E-state index contributed by atoms with van der Waals surface area (Å²) in [7, 11) is 0. The highest BCUT2D eigenvalue weighted by atomic mass is 16.4. The number of carboxylic acid groups (broad SMARTS) is 1. The van der Waals surface area contributed by atoms with E-state index in [-0.39, 0.29) is 5.91 Å². The number of hydrogen-bond acceptors (Lipinski definition) is 3. The zero-order chi connectivity index (χ0) is 16.8. The van der Waals surface area contributed by atoms with E-state index < -0.39 is 23.2 Å². The number of carboxylic acids is 1. The van der Waals surface area contributed by atoms with Gasteiger partial charge in [0.25, 0.3) is 0 Å². The van der Waals surface area contributed by atoms with Gasteiger partial charge >= 0.3 is 5.97 Å². The second-order valence-electron chi connectivity index (χ2n) is 6.55. The van der Waals surface area contributed by atoms with Gasteiger partial charge in [0.05, 0.1) is 23.2 Å². The Kier molecular flexibility index (Phi) is 3.47. The van der Waals surface area contributed by atoms with Gasteiger partial charge in [-0.25, -0.2) is 4.68 Å². The molecule has 1 amide bonds. The number of anilines is 1. The maximum Gasteiger partial charge on any atom is 0.307 e. The van der Waals surface area contributed by atoms with Crippen molar-refractivity contribution in [1.29, 1.82) is 0 Å². The Balaban J connectivity index is 1.69. The number of benzene rings is 1. The van der Waals surface area contributed by atoms with E-state index in [9.17, 15) is 9.59 Å². The standard InChI is InChI=1S/C17H19N3O3/c1-10-8-9-20(19-10)12-6-4-11(5-7-12)18-15(21)13-14(16(22)23)17(13,2)3/h4-9,13-14H,1-3H3,(H,18,21)(H,22,23)/t13-,14+/m1/s1. The summed E-state index contributed by atoms with van der Waals surface area (Å²) >= 11 is 0. The number of aromatic nitrogens is 2. The van der Waals surface area contributed by atoms with Crippen molar-refractivity contribution >= 4 is 17.6 Å². The van der Waals surface area contributed by atoms with Crippen LogP contribution in [0, 0.1) is 24.2 Å². The third kappa shape index (κ3) is 2.72. The fourth-order valence-corrected chi connectivity index (χ4v) is 3.06. The Morgan fingerprint density at radius 1 is 1.17 bits per heavy atom. The molecule has 3 rings (SSSR count). The van der Waals surface area contributed by atoms with E-state index in [1.54, 1.807) is 30.7 Å². The molecule has 1 aromatic heterocycles. The van der Waals surface area contributed by atoms with E-state index in [4.69, 9.17) is 5.11 Å². The average molecular weight is 313 g/mol. The first kappa shape index (κ1) is 15.3. The van der Waals surface area contributed by atoms with Crippen molar-refractivity contribution < 1.29 is 14.7 Å². The first-order chi connectivity index (χ1) is 10.8.